The number of nitrogens with one attached hydrogen (secondary N) is 1. The maximum Gasteiger partial charge on any atom is 0.273 e. The Morgan fingerprint density at radius 3 is 2.86 bits per heavy atom. The number of nitrogens with zero attached hydrogens (tertiary/aromatic N) is 7. The summed E-state index contributed by atoms with van der Waals surface area (Å²) in [6, 6.07) is 0. The second-order valence-corrected chi connectivity index (χ2v) is 4.37. The van der Waals surface area contributed by atoms with Crippen LogP contribution in [0, 0.1) is 0 Å². The Labute approximate surface area is 118 Å². The molecule has 0 spiro atoms. The van der Waals surface area contributed by atoms with Crippen LogP contribution < -0.4 is 5.32 Å². The van der Waals surface area contributed by atoms with Gasteiger partial charge in [0.1, 0.15) is 0 Å². The lowest BCUT2D eigenvalue weighted by molar-refractivity contribution is 0.0941. The molecule has 10 nitrogen and oxygen atoms in total. The maximum absolute atomic E-state index is 11.8. The smallest absolute Gasteiger partial charge is 0.273 e. The predicted molar refractivity (Wildman–Crippen MR) is 68.7 cm³/mol. The molecule has 10 heteroatoms. The van der Waals surface area contributed by atoms with Crippen LogP contribution in [-0.2, 0) is 20.6 Å². The molecular formula is C11H12N8O2. The van der Waals surface area contributed by atoms with Crippen LogP contribution in [-0.4, -0.2) is 40.8 Å². The first kappa shape index (κ1) is 13.0. The minimum absolute atomic E-state index is 0.114. The van der Waals surface area contributed by atoms with E-state index in [-0.39, 0.29) is 18.1 Å². The van der Waals surface area contributed by atoms with E-state index in [9.17, 15) is 4.79 Å². The first-order valence-electron chi connectivity index (χ1n) is 6.08. The highest BCUT2D eigenvalue weighted by atomic mass is 16.5. The summed E-state index contributed by atoms with van der Waals surface area (Å²) in [6.45, 7) is 0.114. The van der Waals surface area contributed by atoms with Crippen LogP contribution in [0.25, 0.3) is 11.4 Å². The van der Waals surface area contributed by atoms with Gasteiger partial charge in [-0.25, -0.2) is 0 Å². The van der Waals surface area contributed by atoms with Gasteiger partial charge in [0.05, 0.1) is 24.5 Å². The summed E-state index contributed by atoms with van der Waals surface area (Å²) in [5.74, 6) is 0.363. The molecule has 0 fully saturated rings. The monoisotopic (exact) mass is 288 g/mol. The van der Waals surface area contributed by atoms with Crippen molar-refractivity contribution in [2.75, 3.05) is 0 Å². The SMILES string of the molecule is Cn1cc(-c2noc(CNC(=O)c3cn(C)nn3)n2)cn1. The van der Waals surface area contributed by atoms with Crippen molar-refractivity contribution in [3.8, 4) is 11.4 Å². The van der Waals surface area contributed by atoms with Crippen molar-refractivity contribution in [1.82, 2.24) is 40.2 Å². The maximum atomic E-state index is 11.8. The van der Waals surface area contributed by atoms with Gasteiger partial charge in [0.25, 0.3) is 5.91 Å². The van der Waals surface area contributed by atoms with Crippen molar-refractivity contribution >= 4 is 5.91 Å². The Bertz CT molecular complexity index is 771. The Kier molecular flexibility index (Phi) is 3.18. The molecule has 0 aliphatic heterocycles. The molecule has 0 unspecified atom stereocenters. The zero-order chi connectivity index (χ0) is 14.8. The molecule has 21 heavy (non-hydrogen) atoms. The van der Waals surface area contributed by atoms with Crippen LogP contribution in [0.3, 0.4) is 0 Å². The van der Waals surface area contributed by atoms with Gasteiger partial charge >= 0.3 is 0 Å². The summed E-state index contributed by atoms with van der Waals surface area (Å²) < 4.78 is 8.15. The summed E-state index contributed by atoms with van der Waals surface area (Å²) in [5, 5.41) is 17.9. The third-order valence-electron chi connectivity index (χ3n) is 2.67. The van der Waals surface area contributed by atoms with Crippen molar-refractivity contribution in [2.45, 2.75) is 6.54 Å². The number of aromatic nitrogens is 7. The number of carbonyl (C=O) groups excluding carboxylic acids is 1. The molecule has 0 aliphatic carbocycles. The van der Waals surface area contributed by atoms with E-state index in [2.05, 4.69) is 30.9 Å². The highest BCUT2D eigenvalue weighted by Gasteiger charge is 2.13. The third-order valence-corrected chi connectivity index (χ3v) is 2.67. The molecular weight excluding hydrogens is 276 g/mol. The van der Waals surface area contributed by atoms with E-state index in [4.69, 9.17) is 4.52 Å². The van der Waals surface area contributed by atoms with E-state index < -0.39 is 0 Å². The second kappa shape index (κ2) is 5.15. The van der Waals surface area contributed by atoms with Crippen molar-refractivity contribution in [2.24, 2.45) is 14.1 Å². The average molecular weight is 288 g/mol. The summed E-state index contributed by atoms with van der Waals surface area (Å²) in [6.07, 6.45) is 4.92. The fourth-order valence-electron chi connectivity index (χ4n) is 1.68. The molecule has 1 N–H and O–H groups in total. The summed E-state index contributed by atoms with van der Waals surface area (Å²) in [7, 11) is 3.48. The van der Waals surface area contributed by atoms with Crippen LogP contribution in [0.2, 0.25) is 0 Å². The van der Waals surface area contributed by atoms with E-state index in [1.54, 1.807) is 31.2 Å². The van der Waals surface area contributed by atoms with Gasteiger partial charge in [-0.05, 0) is 0 Å². The Morgan fingerprint density at radius 1 is 1.33 bits per heavy atom. The molecule has 3 rings (SSSR count). The van der Waals surface area contributed by atoms with Crippen LogP contribution in [0.5, 0.6) is 0 Å². The second-order valence-electron chi connectivity index (χ2n) is 4.37. The summed E-state index contributed by atoms with van der Waals surface area (Å²) in [4.78, 5) is 16.0. The number of hydrogen-bond acceptors (Lipinski definition) is 7. The topological polar surface area (TPSA) is 117 Å². The van der Waals surface area contributed by atoms with Crippen molar-refractivity contribution < 1.29 is 9.32 Å². The molecule has 1 amide bonds. The van der Waals surface area contributed by atoms with Gasteiger partial charge in [-0.1, -0.05) is 10.4 Å². The molecule has 3 aromatic rings. The van der Waals surface area contributed by atoms with Crippen molar-refractivity contribution in [1.29, 1.82) is 0 Å². The standard InChI is InChI=1S/C11H12N8O2/c1-18-5-7(3-13-18)10-14-9(21-16-10)4-12-11(20)8-6-19(2)17-15-8/h3,5-6H,4H2,1-2H3,(H,12,20). The molecule has 3 heterocycles. The molecule has 0 aromatic carbocycles. The van der Waals surface area contributed by atoms with Gasteiger partial charge in [0.15, 0.2) is 5.69 Å². The fourth-order valence-corrected chi connectivity index (χ4v) is 1.68. The normalized spacial score (nSPS) is 10.8. The van der Waals surface area contributed by atoms with Crippen LogP contribution in [0.1, 0.15) is 16.4 Å². The van der Waals surface area contributed by atoms with Crippen LogP contribution in [0.4, 0.5) is 0 Å². The minimum atomic E-state index is -0.357. The average Bonchev–Trinajstić information content (AvgIpc) is 3.16. The fraction of sp³-hybridized carbons (Fsp3) is 0.273. The molecule has 0 aliphatic rings. The van der Waals surface area contributed by atoms with E-state index in [0.717, 1.165) is 5.56 Å². The van der Waals surface area contributed by atoms with Gasteiger partial charge in [-0.2, -0.15) is 10.1 Å². The van der Waals surface area contributed by atoms with E-state index in [1.165, 1.54) is 10.9 Å². The van der Waals surface area contributed by atoms with Gasteiger partial charge in [-0.15, -0.1) is 5.10 Å². The number of rotatable bonds is 4. The van der Waals surface area contributed by atoms with Crippen LogP contribution in [0.15, 0.2) is 23.1 Å². The lowest BCUT2D eigenvalue weighted by Gasteiger charge is -1.97. The molecule has 3 aromatic heterocycles. The van der Waals surface area contributed by atoms with E-state index in [1.807, 2.05) is 0 Å². The summed E-state index contributed by atoms with van der Waals surface area (Å²) >= 11 is 0. The third kappa shape index (κ3) is 2.78. The van der Waals surface area contributed by atoms with Gasteiger partial charge in [0, 0.05) is 20.3 Å². The highest BCUT2D eigenvalue weighted by Crippen LogP contribution is 2.13. The first-order chi connectivity index (χ1) is 10.1. The molecule has 0 atom stereocenters. The van der Waals surface area contributed by atoms with E-state index in [0.29, 0.717) is 11.7 Å². The van der Waals surface area contributed by atoms with Gasteiger partial charge in [-0.3, -0.25) is 14.2 Å². The highest BCUT2D eigenvalue weighted by molar-refractivity contribution is 5.91. The largest absolute Gasteiger partial charge is 0.342 e. The lowest BCUT2D eigenvalue weighted by Crippen LogP contribution is -2.23. The van der Waals surface area contributed by atoms with Gasteiger partial charge in [0.2, 0.25) is 11.7 Å². The van der Waals surface area contributed by atoms with Crippen molar-refractivity contribution in [3.63, 3.8) is 0 Å². The molecule has 0 saturated heterocycles. The number of amides is 1. The van der Waals surface area contributed by atoms with E-state index >= 15 is 0 Å². The Hall–Kier alpha value is -3.04. The zero-order valence-electron chi connectivity index (χ0n) is 11.4. The molecule has 108 valence electrons. The molecule has 0 bridgehead atoms. The lowest BCUT2D eigenvalue weighted by atomic mass is 10.3. The molecule has 0 saturated carbocycles. The zero-order valence-corrected chi connectivity index (χ0v) is 11.4. The number of aryl methyl sites for hydroxylation is 2. The minimum Gasteiger partial charge on any atom is -0.342 e. The van der Waals surface area contributed by atoms with Crippen LogP contribution >= 0.6 is 0 Å². The predicted octanol–water partition coefficient (Wildman–Crippen LogP) is -0.471. The number of hydrogen-bond donors (Lipinski definition) is 1. The first-order valence-corrected chi connectivity index (χ1v) is 6.08. The van der Waals surface area contributed by atoms with Crippen molar-refractivity contribution in [3.05, 3.63) is 30.2 Å². The quantitative estimate of drug-likeness (QED) is 0.689. The number of carbonyl (C=O) groups is 1. The Balaban J connectivity index is 1.64. The summed E-state index contributed by atoms with van der Waals surface area (Å²) in [5.41, 5.74) is 0.970. The Morgan fingerprint density at radius 2 is 2.19 bits per heavy atom. The van der Waals surface area contributed by atoms with Gasteiger partial charge < -0.3 is 9.84 Å². The molecule has 0 radical (unpaired) electrons.